The molecule has 1 saturated heterocycles. The van der Waals surface area contributed by atoms with Crippen molar-refractivity contribution in [3.8, 4) is 11.5 Å². The molecule has 0 unspecified atom stereocenters. The molecule has 1 fully saturated rings. The Labute approximate surface area is 179 Å². The number of nitro groups is 1. The summed E-state index contributed by atoms with van der Waals surface area (Å²) < 4.78 is 42.3. The van der Waals surface area contributed by atoms with Crippen LogP contribution in [0.4, 0.5) is 11.4 Å². The topological polar surface area (TPSA) is 133 Å². The molecule has 2 aromatic carbocycles. The zero-order valence-corrected chi connectivity index (χ0v) is 17.8. The van der Waals surface area contributed by atoms with E-state index in [2.05, 4.69) is 10.5 Å². The van der Waals surface area contributed by atoms with Crippen molar-refractivity contribution in [3.05, 3.63) is 52.1 Å². The van der Waals surface area contributed by atoms with Gasteiger partial charge in [-0.1, -0.05) is 0 Å². The zero-order valence-electron chi connectivity index (χ0n) is 17.0. The van der Waals surface area contributed by atoms with Crippen LogP contribution in [0.3, 0.4) is 0 Å². The SMILES string of the molecule is COc1cc(/C=N/Nc2ccc(S(=O)(=O)N3CCOCC3)cc2[N+](=O)[O-])cc(OC)c1. The molecule has 0 aliphatic carbocycles. The lowest BCUT2D eigenvalue weighted by Gasteiger charge is -2.26. The summed E-state index contributed by atoms with van der Waals surface area (Å²) in [4.78, 5) is 10.7. The average Bonchev–Trinajstić information content (AvgIpc) is 2.79. The van der Waals surface area contributed by atoms with Crippen LogP contribution in [-0.4, -0.2) is 64.4 Å². The molecule has 11 nitrogen and oxygen atoms in total. The minimum atomic E-state index is -3.86. The molecule has 12 heteroatoms. The van der Waals surface area contributed by atoms with Gasteiger partial charge >= 0.3 is 0 Å². The van der Waals surface area contributed by atoms with E-state index in [1.54, 1.807) is 18.2 Å². The second kappa shape index (κ2) is 9.73. The first-order chi connectivity index (χ1) is 14.8. The highest BCUT2D eigenvalue weighted by atomic mass is 32.2. The molecular weight excluding hydrogens is 428 g/mol. The van der Waals surface area contributed by atoms with Gasteiger partial charge in [0.1, 0.15) is 17.2 Å². The van der Waals surface area contributed by atoms with Crippen LogP contribution in [-0.2, 0) is 14.8 Å². The Hall–Kier alpha value is -3.22. The molecule has 0 atom stereocenters. The van der Waals surface area contributed by atoms with E-state index in [4.69, 9.17) is 14.2 Å². The molecule has 3 rings (SSSR count). The maximum atomic E-state index is 12.8. The summed E-state index contributed by atoms with van der Waals surface area (Å²) in [6.45, 7) is 0.963. The third-order valence-corrected chi connectivity index (χ3v) is 6.44. The molecule has 31 heavy (non-hydrogen) atoms. The highest BCUT2D eigenvalue weighted by Gasteiger charge is 2.28. The van der Waals surface area contributed by atoms with E-state index in [9.17, 15) is 18.5 Å². The van der Waals surface area contributed by atoms with Crippen LogP contribution < -0.4 is 14.9 Å². The smallest absolute Gasteiger partial charge is 0.295 e. The van der Waals surface area contributed by atoms with Gasteiger partial charge in [-0.3, -0.25) is 15.5 Å². The van der Waals surface area contributed by atoms with Crippen molar-refractivity contribution in [3.63, 3.8) is 0 Å². The van der Waals surface area contributed by atoms with Crippen LogP contribution in [0.1, 0.15) is 5.56 Å². The molecule has 0 amide bonds. The Balaban J connectivity index is 1.84. The molecular formula is C19H22N4O7S. The van der Waals surface area contributed by atoms with Gasteiger partial charge < -0.3 is 14.2 Å². The molecule has 2 aromatic rings. The maximum Gasteiger partial charge on any atom is 0.295 e. The maximum absolute atomic E-state index is 12.8. The Kier molecular flexibility index (Phi) is 7.05. The van der Waals surface area contributed by atoms with Crippen molar-refractivity contribution >= 4 is 27.6 Å². The van der Waals surface area contributed by atoms with E-state index < -0.39 is 20.6 Å². The Morgan fingerprint density at radius 1 is 1.13 bits per heavy atom. The van der Waals surface area contributed by atoms with E-state index in [0.29, 0.717) is 17.1 Å². The first kappa shape index (κ1) is 22.5. The van der Waals surface area contributed by atoms with E-state index >= 15 is 0 Å². The molecule has 1 aliphatic heterocycles. The second-order valence-electron chi connectivity index (χ2n) is 6.47. The number of hydrogen-bond acceptors (Lipinski definition) is 9. The number of nitrogens with zero attached hydrogens (tertiary/aromatic N) is 3. The van der Waals surface area contributed by atoms with Gasteiger partial charge in [0, 0.05) is 30.8 Å². The van der Waals surface area contributed by atoms with Gasteiger partial charge in [0.2, 0.25) is 10.0 Å². The monoisotopic (exact) mass is 450 g/mol. The molecule has 1 heterocycles. The van der Waals surface area contributed by atoms with Crippen molar-refractivity contribution in [2.45, 2.75) is 4.90 Å². The number of nitro benzene ring substituents is 1. The van der Waals surface area contributed by atoms with Crippen LogP contribution in [0.15, 0.2) is 46.4 Å². The molecule has 0 bridgehead atoms. The number of anilines is 1. The van der Waals surface area contributed by atoms with Gasteiger partial charge in [0.15, 0.2) is 0 Å². The summed E-state index contributed by atoms with van der Waals surface area (Å²) in [6.07, 6.45) is 1.44. The van der Waals surface area contributed by atoms with Crippen LogP contribution in [0.2, 0.25) is 0 Å². The first-order valence-corrected chi connectivity index (χ1v) is 10.7. The van der Waals surface area contributed by atoms with E-state index in [0.717, 1.165) is 6.07 Å². The lowest BCUT2D eigenvalue weighted by Crippen LogP contribution is -2.40. The van der Waals surface area contributed by atoms with Crippen LogP contribution in [0.5, 0.6) is 11.5 Å². The van der Waals surface area contributed by atoms with Crippen LogP contribution in [0, 0.1) is 10.1 Å². The van der Waals surface area contributed by atoms with Gasteiger partial charge in [0.05, 0.1) is 43.5 Å². The summed E-state index contributed by atoms with van der Waals surface area (Å²) in [5.74, 6) is 1.12. The number of morpholine rings is 1. The Morgan fingerprint density at radius 2 is 1.77 bits per heavy atom. The van der Waals surface area contributed by atoms with E-state index in [1.807, 2.05) is 0 Å². The number of benzene rings is 2. The molecule has 0 radical (unpaired) electrons. The van der Waals surface area contributed by atoms with Crippen LogP contribution >= 0.6 is 0 Å². The molecule has 0 saturated carbocycles. The quantitative estimate of drug-likeness (QED) is 0.367. The fourth-order valence-corrected chi connectivity index (χ4v) is 4.36. The van der Waals surface area contributed by atoms with Crippen molar-refractivity contribution in [1.82, 2.24) is 4.31 Å². The standard InChI is InChI=1S/C19H22N4O7S/c1-28-15-9-14(10-16(11-15)29-2)13-20-21-18-4-3-17(12-19(18)23(24)25)31(26,27)22-5-7-30-8-6-22/h3-4,9-13,21H,5-8H2,1-2H3/b20-13+. The highest BCUT2D eigenvalue weighted by molar-refractivity contribution is 7.89. The van der Waals surface area contributed by atoms with E-state index in [-0.39, 0.29) is 36.9 Å². The van der Waals surface area contributed by atoms with Gasteiger partial charge in [0.25, 0.3) is 5.69 Å². The number of hydrogen-bond donors (Lipinski definition) is 1. The van der Waals surface area contributed by atoms with Gasteiger partial charge in [-0.25, -0.2) is 8.42 Å². The van der Waals surface area contributed by atoms with Gasteiger partial charge in [-0.05, 0) is 24.3 Å². The van der Waals surface area contributed by atoms with Crippen molar-refractivity contribution in [2.24, 2.45) is 5.10 Å². The van der Waals surface area contributed by atoms with Crippen LogP contribution in [0.25, 0.3) is 0 Å². The molecule has 0 aromatic heterocycles. The summed E-state index contributed by atoms with van der Waals surface area (Å²) in [5.41, 5.74) is 2.88. The first-order valence-electron chi connectivity index (χ1n) is 9.23. The average molecular weight is 450 g/mol. The van der Waals surface area contributed by atoms with Crippen molar-refractivity contribution in [2.75, 3.05) is 45.9 Å². The molecule has 1 aliphatic rings. The summed E-state index contributed by atoms with van der Waals surface area (Å²) in [5, 5.41) is 15.6. The second-order valence-corrected chi connectivity index (χ2v) is 8.41. The summed E-state index contributed by atoms with van der Waals surface area (Å²) in [7, 11) is -0.823. The Bertz CT molecular complexity index is 1060. The number of nitrogens with one attached hydrogen (secondary N) is 1. The number of hydrazone groups is 1. The van der Waals surface area contributed by atoms with Crippen molar-refractivity contribution in [1.29, 1.82) is 0 Å². The molecule has 0 spiro atoms. The third-order valence-electron chi connectivity index (χ3n) is 4.55. The lowest BCUT2D eigenvalue weighted by molar-refractivity contribution is -0.384. The summed E-state index contributed by atoms with van der Waals surface area (Å²) >= 11 is 0. The largest absolute Gasteiger partial charge is 0.497 e. The number of methoxy groups -OCH3 is 2. The number of ether oxygens (including phenoxy) is 3. The molecule has 166 valence electrons. The van der Waals surface area contributed by atoms with E-state index in [1.165, 1.54) is 36.9 Å². The molecule has 1 N–H and O–H groups in total. The highest BCUT2D eigenvalue weighted by Crippen LogP contribution is 2.29. The Morgan fingerprint density at radius 3 is 2.35 bits per heavy atom. The zero-order chi connectivity index (χ0) is 22.4. The predicted molar refractivity (Wildman–Crippen MR) is 113 cm³/mol. The van der Waals surface area contributed by atoms with Gasteiger partial charge in [-0.2, -0.15) is 9.41 Å². The summed E-state index contributed by atoms with van der Waals surface area (Å²) in [6, 6.07) is 8.76. The normalized spacial score (nSPS) is 15.0. The number of rotatable bonds is 8. The fourth-order valence-electron chi connectivity index (χ4n) is 2.93. The van der Waals surface area contributed by atoms with Gasteiger partial charge in [-0.15, -0.1) is 0 Å². The number of sulfonamides is 1. The fraction of sp³-hybridized carbons (Fsp3) is 0.316. The van der Waals surface area contributed by atoms with Crippen molar-refractivity contribution < 1.29 is 27.6 Å². The lowest BCUT2D eigenvalue weighted by atomic mass is 10.2. The minimum Gasteiger partial charge on any atom is -0.497 e. The third kappa shape index (κ3) is 5.29. The minimum absolute atomic E-state index is 0.0528. The predicted octanol–water partition coefficient (Wildman–Crippen LogP) is 2.08.